The van der Waals surface area contributed by atoms with E-state index in [1.54, 1.807) is 4.80 Å². The predicted octanol–water partition coefficient (Wildman–Crippen LogP) is 0.145. The number of aryl methyl sites for hydroxylation is 1. The van der Waals surface area contributed by atoms with Gasteiger partial charge in [0.2, 0.25) is 0 Å². The number of nitrogens with zero attached hydrogens (tertiary/aromatic N) is 4. The van der Waals surface area contributed by atoms with Gasteiger partial charge in [0.25, 0.3) is 0 Å². The summed E-state index contributed by atoms with van der Waals surface area (Å²) in [5, 5.41) is 12.0. The average molecular weight is 169 g/mol. The molecule has 12 heavy (non-hydrogen) atoms. The number of hydrogen-bond acceptors (Lipinski definition) is 4. The first-order valence-corrected chi connectivity index (χ1v) is 4.22. The normalized spacial score (nSPS) is 11.0. The fraction of sp³-hybridized carbons (Fsp3) is 0.857. The van der Waals surface area contributed by atoms with Crippen LogP contribution in [0.5, 0.6) is 0 Å². The minimum Gasteiger partial charge on any atom is -0.330 e. The third-order valence-corrected chi connectivity index (χ3v) is 1.55. The first-order valence-electron chi connectivity index (χ1n) is 4.22. The summed E-state index contributed by atoms with van der Waals surface area (Å²) in [6, 6.07) is 0. The number of aromatic nitrogens is 4. The monoisotopic (exact) mass is 169 g/mol. The molecule has 0 fully saturated rings. The van der Waals surface area contributed by atoms with Crippen LogP contribution in [0.3, 0.4) is 0 Å². The molecule has 2 N–H and O–H groups in total. The van der Waals surface area contributed by atoms with E-state index in [2.05, 4.69) is 15.4 Å². The number of nitrogens with two attached hydrogens (primary N) is 1. The molecule has 0 aromatic carbocycles. The third-order valence-electron chi connectivity index (χ3n) is 1.55. The highest BCUT2D eigenvalue weighted by molar-refractivity contribution is 4.84. The maximum atomic E-state index is 5.35. The Hall–Kier alpha value is -0.970. The molecule has 1 rings (SSSR count). The smallest absolute Gasteiger partial charge is 0.177 e. The van der Waals surface area contributed by atoms with Crippen LogP contribution in [0.15, 0.2) is 0 Å². The lowest BCUT2D eigenvalue weighted by Gasteiger charge is -1.95. The van der Waals surface area contributed by atoms with Crippen LogP contribution in [0.2, 0.25) is 0 Å². The molecule has 5 nitrogen and oxygen atoms in total. The van der Waals surface area contributed by atoms with Crippen LogP contribution in [0.1, 0.15) is 32.0 Å². The molecule has 0 bridgehead atoms. The highest BCUT2D eigenvalue weighted by Crippen LogP contribution is 2.05. The Morgan fingerprint density at radius 3 is 2.75 bits per heavy atom. The molecule has 0 aliphatic heterocycles. The number of rotatable bonds is 4. The van der Waals surface area contributed by atoms with Crippen LogP contribution in [0.25, 0.3) is 0 Å². The fourth-order valence-corrected chi connectivity index (χ4v) is 0.814. The second kappa shape index (κ2) is 4.15. The van der Waals surface area contributed by atoms with E-state index < -0.39 is 0 Å². The van der Waals surface area contributed by atoms with Gasteiger partial charge in [-0.3, -0.25) is 0 Å². The van der Waals surface area contributed by atoms with Gasteiger partial charge in [-0.15, -0.1) is 10.2 Å². The quantitative estimate of drug-likeness (QED) is 0.696. The summed E-state index contributed by atoms with van der Waals surface area (Å²) in [4.78, 5) is 1.60. The van der Waals surface area contributed by atoms with E-state index in [0.717, 1.165) is 18.8 Å². The van der Waals surface area contributed by atoms with E-state index in [0.29, 0.717) is 12.5 Å². The average Bonchev–Trinajstić information content (AvgIpc) is 2.48. The topological polar surface area (TPSA) is 69.6 Å². The van der Waals surface area contributed by atoms with Crippen molar-refractivity contribution in [2.45, 2.75) is 32.7 Å². The van der Waals surface area contributed by atoms with E-state index in [-0.39, 0.29) is 0 Å². The lowest BCUT2D eigenvalue weighted by Crippen LogP contribution is -2.08. The Kier molecular flexibility index (Phi) is 3.16. The summed E-state index contributed by atoms with van der Waals surface area (Å²) in [6.45, 7) is 5.52. The molecule has 0 aliphatic carbocycles. The van der Waals surface area contributed by atoms with Gasteiger partial charge >= 0.3 is 0 Å². The van der Waals surface area contributed by atoms with Gasteiger partial charge in [-0.2, -0.15) is 4.80 Å². The minimum atomic E-state index is 0.344. The molecule has 1 aromatic heterocycles. The molecule has 0 aliphatic rings. The molecule has 0 radical (unpaired) electrons. The van der Waals surface area contributed by atoms with Crippen molar-refractivity contribution in [1.29, 1.82) is 0 Å². The van der Waals surface area contributed by atoms with Crippen LogP contribution >= 0.6 is 0 Å². The van der Waals surface area contributed by atoms with E-state index in [4.69, 9.17) is 5.73 Å². The third kappa shape index (κ3) is 2.27. The van der Waals surface area contributed by atoms with Crippen molar-refractivity contribution in [1.82, 2.24) is 20.2 Å². The maximum Gasteiger partial charge on any atom is 0.177 e. The van der Waals surface area contributed by atoms with Gasteiger partial charge in [-0.25, -0.2) is 0 Å². The largest absolute Gasteiger partial charge is 0.330 e. The van der Waals surface area contributed by atoms with Crippen molar-refractivity contribution in [2.24, 2.45) is 5.73 Å². The van der Waals surface area contributed by atoms with Gasteiger partial charge in [0, 0.05) is 5.92 Å². The zero-order chi connectivity index (χ0) is 8.97. The summed E-state index contributed by atoms with van der Waals surface area (Å²) in [5.74, 6) is 1.14. The maximum absolute atomic E-state index is 5.35. The summed E-state index contributed by atoms with van der Waals surface area (Å²) in [6.07, 6.45) is 0.897. The molecule has 1 aromatic rings. The number of tetrazole rings is 1. The zero-order valence-corrected chi connectivity index (χ0v) is 7.56. The highest BCUT2D eigenvalue weighted by atomic mass is 15.6. The second-order valence-corrected chi connectivity index (χ2v) is 3.04. The van der Waals surface area contributed by atoms with E-state index in [1.807, 2.05) is 13.8 Å². The standard InChI is InChI=1S/C7H15N5/c1-6(2)7-9-11-12(10-7)5-3-4-8/h6H,3-5,8H2,1-2H3. The van der Waals surface area contributed by atoms with Gasteiger partial charge in [-0.05, 0) is 18.2 Å². The first-order chi connectivity index (χ1) is 5.74. The van der Waals surface area contributed by atoms with Crippen molar-refractivity contribution in [3.63, 3.8) is 0 Å². The van der Waals surface area contributed by atoms with Gasteiger partial charge < -0.3 is 5.73 Å². The molecule has 1 heterocycles. The van der Waals surface area contributed by atoms with Crippen LogP contribution in [0, 0.1) is 0 Å². The molecule has 0 atom stereocenters. The summed E-state index contributed by atoms with van der Waals surface area (Å²) in [5.41, 5.74) is 5.35. The molecule has 0 saturated heterocycles. The second-order valence-electron chi connectivity index (χ2n) is 3.04. The molecule has 5 heteroatoms. The van der Waals surface area contributed by atoms with Gasteiger partial charge in [0.15, 0.2) is 5.82 Å². The molecule has 0 amide bonds. The molecular formula is C7H15N5. The summed E-state index contributed by atoms with van der Waals surface area (Å²) in [7, 11) is 0. The lowest BCUT2D eigenvalue weighted by atomic mass is 10.2. The number of hydrogen-bond donors (Lipinski definition) is 1. The molecule has 0 spiro atoms. The van der Waals surface area contributed by atoms with Crippen molar-refractivity contribution < 1.29 is 0 Å². The van der Waals surface area contributed by atoms with Crippen LogP contribution < -0.4 is 5.73 Å². The lowest BCUT2D eigenvalue weighted by molar-refractivity contribution is 0.501. The van der Waals surface area contributed by atoms with Crippen LogP contribution in [0.4, 0.5) is 0 Å². The fourth-order valence-electron chi connectivity index (χ4n) is 0.814. The van der Waals surface area contributed by atoms with E-state index in [9.17, 15) is 0 Å². The van der Waals surface area contributed by atoms with Crippen LogP contribution in [-0.2, 0) is 6.54 Å². The van der Waals surface area contributed by atoms with Crippen molar-refractivity contribution in [2.75, 3.05) is 6.54 Å². The zero-order valence-electron chi connectivity index (χ0n) is 7.56. The minimum absolute atomic E-state index is 0.344. The first kappa shape index (κ1) is 9.12. The van der Waals surface area contributed by atoms with E-state index in [1.165, 1.54) is 0 Å². The Bertz CT molecular complexity index is 229. The Balaban J connectivity index is 2.52. The predicted molar refractivity (Wildman–Crippen MR) is 45.6 cm³/mol. The van der Waals surface area contributed by atoms with Crippen molar-refractivity contribution in [3.8, 4) is 0 Å². The SMILES string of the molecule is CC(C)c1nnn(CCCN)n1. The Labute approximate surface area is 71.9 Å². The molecule has 68 valence electrons. The molecular weight excluding hydrogens is 154 g/mol. The Morgan fingerprint density at radius 1 is 1.50 bits per heavy atom. The summed E-state index contributed by atoms with van der Waals surface area (Å²) >= 11 is 0. The van der Waals surface area contributed by atoms with Crippen LogP contribution in [-0.4, -0.2) is 26.8 Å². The highest BCUT2D eigenvalue weighted by Gasteiger charge is 2.05. The molecule has 0 saturated carbocycles. The van der Waals surface area contributed by atoms with Gasteiger partial charge in [-0.1, -0.05) is 13.8 Å². The van der Waals surface area contributed by atoms with Gasteiger partial charge in [0.1, 0.15) is 0 Å². The molecule has 0 unspecified atom stereocenters. The van der Waals surface area contributed by atoms with Crippen molar-refractivity contribution >= 4 is 0 Å². The Morgan fingerprint density at radius 2 is 2.25 bits per heavy atom. The van der Waals surface area contributed by atoms with E-state index >= 15 is 0 Å². The summed E-state index contributed by atoms with van der Waals surface area (Å²) < 4.78 is 0. The van der Waals surface area contributed by atoms with Crippen molar-refractivity contribution in [3.05, 3.63) is 5.82 Å². The van der Waals surface area contributed by atoms with Gasteiger partial charge in [0.05, 0.1) is 6.54 Å².